The summed E-state index contributed by atoms with van der Waals surface area (Å²) in [6.07, 6.45) is 2.84. The fraction of sp³-hybridized carbons (Fsp3) is 0.864. The van der Waals surface area contributed by atoms with Gasteiger partial charge in [0.15, 0.2) is 5.78 Å². The van der Waals surface area contributed by atoms with Crippen LogP contribution in [-0.2, 0) is 23.9 Å². The van der Waals surface area contributed by atoms with E-state index in [2.05, 4.69) is 16.0 Å². The number of epoxide rings is 1. The first-order chi connectivity index (χ1) is 14.1. The predicted octanol–water partition coefficient (Wildman–Crippen LogP) is 1.17. The van der Waals surface area contributed by atoms with Crippen LogP contribution in [0.5, 0.6) is 0 Å². The molecular weight excluding hydrogens is 386 g/mol. The summed E-state index contributed by atoms with van der Waals surface area (Å²) in [5.41, 5.74) is -0.794. The Balaban J connectivity index is 2.05. The number of carbonyl (C=O) groups is 3. The monoisotopic (exact) mass is 425 g/mol. The molecule has 4 atom stereocenters. The van der Waals surface area contributed by atoms with Crippen LogP contribution in [0.15, 0.2) is 0 Å². The SMILES string of the molecule is COCC[C@H](NC(C)C)C(=O)N[C@H](C(=O)N[C@@H](CC(C)C)C(=O)[C@@]1(C)CO1)C1CC1. The molecule has 0 aromatic rings. The van der Waals surface area contributed by atoms with Gasteiger partial charge in [0, 0.05) is 19.8 Å². The molecule has 2 amide bonds. The van der Waals surface area contributed by atoms with Crippen molar-refractivity contribution in [1.82, 2.24) is 16.0 Å². The molecule has 2 rings (SSSR count). The van der Waals surface area contributed by atoms with E-state index in [0.717, 1.165) is 12.8 Å². The number of rotatable bonds is 14. The molecule has 1 saturated carbocycles. The van der Waals surface area contributed by atoms with Gasteiger partial charge in [-0.25, -0.2) is 0 Å². The van der Waals surface area contributed by atoms with Crippen LogP contribution in [-0.4, -0.2) is 67.7 Å². The summed E-state index contributed by atoms with van der Waals surface area (Å²) in [4.78, 5) is 38.8. The van der Waals surface area contributed by atoms with Crippen LogP contribution in [0.3, 0.4) is 0 Å². The maximum absolute atomic E-state index is 13.1. The Labute approximate surface area is 180 Å². The average molecular weight is 426 g/mol. The van der Waals surface area contributed by atoms with Crippen LogP contribution in [0.25, 0.3) is 0 Å². The molecule has 1 aliphatic carbocycles. The van der Waals surface area contributed by atoms with Gasteiger partial charge in [0.05, 0.1) is 18.7 Å². The number of ether oxygens (including phenoxy) is 2. The third kappa shape index (κ3) is 7.32. The summed E-state index contributed by atoms with van der Waals surface area (Å²) in [5, 5.41) is 9.09. The summed E-state index contributed by atoms with van der Waals surface area (Å²) in [6.45, 7) is 10.6. The summed E-state index contributed by atoms with van der Waals surface area (Å²) < 4.78 is 10.4. The zero-order valence-corrected chi connectivity index (χ0v) is 19.2. The third-order valence-electron chi connectivity index (χ3n) is 5.57. The van der Waals surface area contributed by atoms with Gasteiger partial charge < -0.3 is 25.4 Å². The Morgan fingerprint density at radius 2 is 1.70 bits per heavy atom. The first-order valence-corrected chi connectivity index (χ1v) is 11.1. The second-order valence-electron chi connectivity index (χ2n) is 9.55. The fourth-order valence-corrected chi connectivity index (χ4v) is 3.59. The lowest BCUT2D eigenvalue weighted by atomic mass is 9.93. The number of carbonyl (C=O) groups excluding carboxylic acids is 3. The summed E-state index contributed by atoms with van der Waals surface area (Å²) in [6, 6.07) is -1.56. The molecule has 172 valence electrons. The van der Waals surface area contributed by atoms with Crippen LogP contribution >= 0.6 is 0 Å². The molecule has 1 aliphatic heterocycles. The molecule has 8 nitrogen and oxygen atoms in total. The molecule has 3 N–H and O–H groups in total. The second kappa shape index (κ2) is 10.7. The summed E-state index contributed by atoms with van der Waals surface area (Å²) in [7, 11) is 1.60. The molecule has 8 heteroatoms. The van der Waals surface area contributed by atoms with E-state index in [9.17, 15) is 14.4 Å². The number of amides is 2. The van der Waals surface area contributed by atoms with Crippen molar-refractivity contribution in [3.05, 3.63) is 0 Å². The van der Waals surface area contributed by atoms with Crippen LogP contribution in [0, 0.1) is 11.8 Å². The minimum absolute atomic E-state index is 0.0927. The van der Waals surface area contributed by atoms with Gasteiger partial charge in [0.2, 0.25) is 11.8 Å². The van der Waals surface area contributed by atoms with Gasteiger partial charge in [0.1, 0.15) is 11.6 Å². The van der Waals surface area contributed by atoms with Gasteiger partial charge >= 0.3 is 0 Å². The van der Waals surface area contributed by atoms with Crippen LogP contribution in [0.1, 0.15) is 60.3 Å². The predicted molar refractivity (Wildman–Crippen MR) is 114 cm³/mol. The zero-order chi connectivity index (χ0) is 22.5. The number of methoxy groups -OCH3 is 1. The Morgan fingerprint density at radius 3 is 2.17 bits per heavy atom. The van der Waals surface area contributed by atoms with E-state index in [4.69, 9.17) is 9.47 Å². The highest BCUT2D eigenvalue weighted by atomic mass is 16.6. The highest BCUT2D eigenvalue weighted by Gasteiger charge is 2.50. The van der Waals surface area contributed by atoms with E-state index in [1.165, 1.54) is 0 Å². The minimum atomic E-state index is -0.794. The largest absolute Gasteiger partial charge is 0.385 e. The molecule has 0 aromatic heterocycles. The smallest absolute Gasteiger partial charge is 0.243 e. The average Bonchev–Trinajstić information content (AvgIpc) is 3.58. The molecule has 0 radical (unpaired) electrons. The maximum atomic E-state index is 13.1. The van der Waals surface area contributed by atoms with Crippen LogP contribution in [0.2, 0.25) is 0 Å². The summed E-state index contributed by atoms with van der Waals surface area (Å²) in [5.74, 6) is -0.242. The van der Waals surface area contributed by atoms with Crippen molar-refractivity contribution >= 4 is 17.6 Å². The number of hydrogen-bond acceptors (Lipinski definition) is 6. The molecular formula is C22H39N3O5. The summed E-state index contributed by atoms with van der Waals surface area (Å²) >= 11 is 0. The lowest BCUT2D eigenvalue weighted by Crippen LogP contribution is -2.57. The van der Waals surface area contributed by atoms with Crippen molar-refractivity contribution in [3.8, 4) is 0 Å². The Hall–Kier alpha value is -1.51. The van der Waals surface area contributed by atoms with Gasteiger partial charge in [-0.15, -0.1) is 0 Å². The molecule has 1 saturated heterocycles. The number of Topliss-reactive ketones (excluding diaryl/α,β-unsaturated/α-hetero) is 1. The Morgan fingerprint density at radius 1 is 1.07 bits per heavy atom. The maximum Gasteiger partial charge on any atom is 0.243 e. The second-order valence-corrected chi connectivity index (χ2v) is 9.55. The lowest BCUT2D eigenvalue weighted by Gasteiger charge is -2.27. The van der Waals surface area contributed by atoms with E-state index >= 15 is 0 Å². The molecule has 0 bridgehead atoms. The van der Waals surface area contributed by atoms with Crippen molar-refractivity contribution in [3.63, 3.8) is 0 Å². The van der Waals surface area contributed by atoms with Crippen molar-refractivity contribution in [2.24, 2.45) is 11.8 Å². The Kier molecular flexibility index (Phi) is 8.82. The van der Waals surface area contributed by atoms with Crippen molar-refractivity contribution in [2.45, 2.75) is 90.1 Å². The highest BCUT2D eigenvalue weighted by molar-refractivity contribution is 5.98. The third-order valence-corrected chi connectivity index (χ3v) is 5.57. The number of ketones is 1. The molecule has 0 spiro atoms. The van der Waals surface area contributed by atoms with Gasteiger partial charge in [-0.3, -0.25) is 14.4 Å². The van der Waals surface area contributed by atoms with Gasteiger partial charge in [0.25, 0.3) is 0 Å². The van der Waals surface area contributed by atoms with Crippen molar-refractivity contribution < 1.29 is 23.9 Å². The molecule has 30 heavy (non-hydrogen) atoms. The topological polar surface area (TPSA) is 109 Å². The number of hydrogen-bond donors (Lipinski definition) is 3. The molecule has 2 fully saturated rings. The van der Waals surface area contributed by atoms with E-state index < -0.39 is 23.7 Å². The zero-order valence-electron chi connectivity index (χ0n) is 19.2. The van der Waals surface area contributed by atoms with Gasteiger partial charge in [-0.2, -0.15) is 0 Å². The van der Waals surface area contributed by atoms with E-state index in [-0.39, 0.29) is 35.5 Å². The quantitative estimate of drug-likeness (QED) is 0.361. The van der Waals surface area contributed by atoms with Crippen LogP contribution < -0.4 is 16.0 Å². The lowest BCUT2D eigenvalue weighted by molar-refractivity contribution is -0.134. The molecule has 0 aromatic carbocycles. The van der Waals surface area contributed by atoms with E-state index in [0.29, 0.717) is 26.1 Å². The van der Waals surface area contributed by atoms with Crippen LogP contribution in [0.4, 0.5) is 0 Å². The molecule has 1 heterocycles. The normalized spacial score (nSPS) is 23.7. The first kappa shape index (κ1) is 24.8. The fourth-order valence-electron chi connectivity index (χ4n) is 3.59. The van der Waals surface area contributed by atoms with E-state index in [1.807, 2.05) is 27.7 Å². The first-order valence-electron chi connectivity index (χ1n) is 11.1. The minimum Gasteiger partial charge on any atom is -0.385 e. The van der Waals surface area contributed by atoms with Gasteiger partial charge in [-0.1, -0.05) is 27.7 Å². The van der Waals surface area contributed by atoms with Gasteiger partial charge in [-0.05, 0) is 44.4 Å². The standard InChI is InChI=1S/C22H39N3O5/c1-13(2)11-17(19(26)22(5)12-30-22)24-21(28)18(15-7-8-15)25-20(27)16(9-10-29-6)23-14(3)4/h13-18,23H,7-12H2,1-6H3,(H,24,28)(H,25,27)/t16-,17-,18-,22+/m0/s1. The van der Waals surface area contributed by atoms with Crippen molar-refractivity contribution in [1.29, 1.82) is 0 Å². The molecule has 2 aliphatic rings. The highest BCUT2D eigenvalue weighted by Crippen LogP contribution is 2.33. The van der Waals surface area contributed by atoms with E-state index in [1.54, 1.807) is 14.0 Å². The Bertz CT molecular complexity index is 614. The van der Waals surface area contributed by atoms with Crippen molar-refractivity contribution in [2.75, 3.05) is 20.3 Å². The molecule has 0 unspecified atom stereocenters. The number of nitrogens with one attached hydrogen (secondary N) is 3.